The van der Waals surface area contributed by atoms with Crippen molar-refractivity contribution in [2.45, 2.75) is 0 Å². The first-order valence-corrected chi connectivity index (χ1v) is 6.09. The summed E-state index contributed by atoms with van der Waals surface area (Å²) in [4.78, 5) is 29.3. The fourth-order valence-corrected chi connectivity index (χ4v) is 0.919. The van der Waals surface area contributed by atoms with Gasteiger partial charge in [-0.1, -0.05) is 0 Å². The molecule has 12 heavy (non-hydrogen) atoms. The number of rotatable bonds is 0. The predicted molar refractivity (Wildman–Crippen MR) is 46.5 cm³/mol. The molecule has 0 heterocycles. The van der Waals surface area contributed by atoms with Crippen molar-refractivity contribution in [2.75, 3.05) is 0 Å². The molecule has 62 valence electrons. The fraction of sp³-hybridized carbons (Fsp3) is 0. The van der Waals surface area contributed by atoms with Crippen molar-refractivity contribution in [2.24, 2.45) is 0 Å². The summed E-state index contributed by atoms with van der Waals surface area (Å²) in [6, 6.07) is 10.5. The standard InChI is InChI=1S/C6H5.Na.H4O4Si/c1-2-4-6-5-3-1;;1-5(2,3)4/h1-5H;;1-4H. The first-order valence-electron chi connectivity index (χ1n) is 3.31. The van der Waals surface area contributed by atoms with Crippen LogP contribution in [0.5, 0.6) is 0 Å². The maximum absolute atomic E-state index is 7.33. The molecule has 0 aliphatic heterocycles. The van der Waals surface area contributed by atoms with E-state index in [1.54, 1.807) is 0 Å². The Kier molecular flexibility index (Phi) is 5.98. The van der Waals surface area contributed by atoms with E-state index >= 15 is 0 Å². The van der Waals surface area contributed by atoms with Gasteiger partial charge in [0.15, 0.2) is 0 Å². The van der Waals surface area contributed by atoms with Gasteiger partial charge in [0.05, 0.1) is 0 Å². The van der Waals surface area contributed by atoms with Gasteiger partial charge in [0.1, 0.15) is 0 Å². The van der Waals surface area contributed by atoms with Crippen LogP contribution >= 0.6 is 0 Å². The van der Waals surface area contributed by atoms with Crippen molar-refractivity contribution in [3.05, 3.63) is 30.3 Å². The molecule has 0 atom stereocenters. The number of benzene rings is 1. The normalized spacial score (nSPS) is 10.2. The van der Waals surface area contributed by atoms with Crippen LogP contribution in [-0.2, 0) is 0 Å². The first kappa shape index (κ1) is 12.3. The summed E-state index contributed by atoms with van der Waals surface area (Å²) >= 11 is 1.17. The van der Waals surface area contributed by atoms with Gasteiger partial charge in [-0.2, -0.15) is 0 Å². The van der Waals surface area contributed by atoms with Gasteiger partial charge in [0, 0.05) is 0 Å². The van der Waals surface area contributed by atoms with E-state index in [9.17, 15) is 0 Å². The molecule has 1 rings (SSSR count). The van der Waals surface area contributed by atoms with E-state index in [4.69, 9.17) is 19.2 Å². The molecular weight excluding hydrogens is 187 g/mol. The molecule has 4 N–H and O–H groups in total. The molecule has 0 saturated heterocycles. The summed E-state index contributed by atoms with van der Waals surface area (Å²) in [7, 11) is -4.61. The molecule has 1 aromatic carbocycles. The van der Waals surface area contributed by atoms with Gasteiger partial charge in [0.2, 0.25) is 0 Å². The minimum atomic E-state index is -4.61. The molecule has 0 aliphatic carbocycles. The molecule has 0 aromatic heterocycles. The molecule has 0 radical (unpaired) electrons. The Morgan fingerprint density at radius 3 is 1.42 bits per heavy atom. The van der Waals surface area contributed by atoms with Crippen LogP contribution in [0.1, 0.15) is 0 Å². The second-order valence-electron chi connectivity index (χ2n) is 2.25. The summed E-state index contributed by atoms with van der Waals surface area (Å²) in [5.41, 5.74) is 0. The molecule has 0 saturated carbocycles. The molecule has 1 aromatic rings. The van der Waals surface area contributed by atoms with E-state index in [-0.39, 0.29) is 0 Å². The molecule has 4 nitrogen and oxygen atoms in total. The second kappa shape index (κ2) is 5.84. The van der Waals surface area contributed by atoms with Crippen molar-refractivity contribution in [1.82, 2.24) is 0 Å². The van der Waals surface area contributed by atoms with E-state index in [0.29, 0.717) is 0 Å². The van der Waals surface area contributed by atoms with Gasteiger partial charge >= 0.3 is 70.1 Å². The van der Waals surface area contributed by atoms with Gasteiger partial charge in [-0.15, -0.1) is 0 Å². The Bertz CT molecular complexity index is 205. The first-order chi connectivity index (χ1) is 5.39. The maximum atomic E-state index is 7.33. The van der Waals surface area contributed by atoms with Crippen LogP contribution in [0.15, 0.2) is 30.3 Å². The van der Waals surface area contributed by atoms with Gasteiger partial charge in [0.25, 0.3) is 0 Å². The van der Waals surface area contributed by atoms with Crippen molar-refractivity contribution in [3.8, 4) is 0 Å². The zero-order valence-electron chi connectivity index (χ0n) is 6.68. The van der Waals surface area contributed by atoms with Crippen LogP contribution in [0.25, 0.3) is 0 Å². The average molecular weight is 196 g/mol. The predicted octanol–water partition coefficient (Wildman–Crippen LogP) is -2.13. The van der Waals surface area contributed by atoms with Crippen LogP contribution in [0.2, 0.25) is 0 Å². The van der Waals surface area contributed by atoms with Crippen molar-refractivity contribution < 1.29 is 19.2 Å². The molecule has 0 bridgehead atoms. The van der Waals surface area contributed by atoms with Crippen LogP contribution in [0.4, 0.5) is 0 Å². The summed E-state index contributed by atoms with van der Waals surface area (Å²) in [6.45, 7) is 0. The topological polar surface area (TPSA) is 80.9 Å². The quantitative estimate of drug-likeness (QED) is 0.357. The summed E-state index contributed by atoms with van der Waals surface area (Å²) in [5.74, 6) is 0. The van der Waals surface area contributed by atoms with Gasteiger partial charge < -0.3 is 19.2 Å². The van der Waals surface area contributed by atoms with Crippen molar-refractivity contribution >= 4 is 39.8 Å². The molecule has 0 spiro atoms. The Labute approximate surface area is 89.0 Å². The van der Waals surface area contributed by atoms with Gasteiger partial charge in [-0.25, -0.2) is 0 Å². The summed E-state index contributed by atoms with van der Waals surface area (Å²) < 4.78 is 1.46. The van der Waals surface area contributed by atoms with Crippen LogP contribution < -0.4 is 2.81 Å². The van der Waals surface area contributed by atoms with Gasteiger partial charge in [-0.05, 0) is 0 Å². The minimum absolute atomic E-state index is 1.17. The molecule has 0 amide bonds. The molecule has 0 fully saturated rings. The van der Waals surface area contributed by atoms with Crippen LogP contribution in [0, 0.1) is 0 Å². The summed E-state index contributed by atoms with van der Waals surface area (Å²) in [5, 5.41) is 0. The molecule has 6 heteroatoms. The zero-order chi connectivity index (χ0) is 9.61. The fourth-order valence-electron chi connectivity index (χ4n) is 0.534. The Morgan fingerprint density at radius 2 is 1.25 bits per heavy atom. The van der Waals surface area contributed by atoms with Crippen molar-refractivity contribution in [3.63, 3.8) is 0 Å². The Balaban J connectivity index is 0.000000217. The molecular formula is C6H9NaO4Si. The molecule has 0 aliphatic rings. The number of hydrogen-bond acceptors (Lipinski definition) is 4. The monoisotopic (exact) mass is 196 g/mol. The average Bonchev–Trinajstić information content (AvgIpc) is 1.85. The molecule has 0 unspecified atom stereocenters. The van der Waals surface area contributed by atoms with E-state index in [1.165, 1.54) is 30.7 Å². The third-order valence-electron chi connectivity index (χ3n) is 0.940. The SMILES string of the molecule is O[Si](O)(O)O.[Na][c]1ccccc1. The Hall–Kier alpha value is 0.277. The zero-order valence-corrected chi connectivity index (χ0v) is 9.68. The van der Waals surface area contributed by atoms with E-state index in [1.807, 2.05) is 6.07 Å². The third-order valence-corrected chi connectivity index (χ3v) is 1.61. The third kappa shape index (κ3) is 12.9. The van der Waals surface area contributed by atoms with E-state index in [2.05, 4.69) is 24.3 Å². The van der Waals surface area contributed by atoms with Crippen LogP contribution in [-0.4, -0.2) is 56.2 Å². The van der Waals surface area contributed by atoms with E-state index < -0.39 is 9.05 Å². The Morgan fingerprint density at radius 1 is 0.917 bits per heavy atom. The van der Waals surface area contributed by atoms with E-state index in [0.717, 1.165) is 0 Å². The van der Waals surface area contributed by atoms with Crippen molar-refractivity contribution in [1.29, 1.82) is 0 Å². The second-order valence-corrected chi connectivity index (χ2v) is 4.61. The summed E-state index contributed by atoms with van der Waals surface area (Å²) in [6.07, 6.45) is 0. The number of hydrogen-bond donors (Lipinski definition) is 4. The van der Waals surface area contributed by atoms with Crippen LogP contribution in [0.3, 0.4) is 0 Å². The van der Waals surface area contributed by atoms with Gasteiger partial charge in [-0.3, -0.25) is 0 Å².